The lowest BCUT2D eigenvalue weighted by Gasteiger charge is -2.15. The van der Waals surface area contributed by atoms with Gasteiger partial charge in [-0.1, -0.05) is 0 Å². The van der Waals surface area contributed by atoms with Crippen LogP contribution in [0.2, 0.25) is 0 Å². The van der Waals surface area contributed by atoms with Crippen LogP contribution in [-0.4, -0.2) is 36.3 Å². The van der Waals surface area contributed by atoms with Gasteiger partial charge in [0, 0.05) is 41.4 Å². The summed E-state index contributed by atoms with van der Waals surface area (Å²) in [5.41, 5.74) is 4.36. The Hall–Kier alpha value is -2.90. The summed E-state index contributed by atoms with van der Waals surface area (Å²) in [6.45, 7) is 5.22. The number of carbonyl (C=O) groups excluding carboxylic acids is 1. The highest BCUT2D eigenvalue weighted by molar-refractivity contribution is 7.89. The summed E-state index contributed by atoms with van der Waals surface area (Å²) in [5.74, 6) is -0.238. The second-order valence-corrected chi connectivity index (χ2v) is 9.53. The van der Waals surface area contributed by atoms with Crippen molar-refractivity contribution in [2.45, 2.75) is 31.6 Å². The van der Waals surface area contributed by atoms with Gasteiger partial charge in [-0.3, -0.25) is 4.79 Å². The van der Waals surface area contributed by atoms with Gasteiger partial charge in [-0.2, -0.15) is 4.31 Å². The molecule has 1 fully saturated rings. The van der Waals surface area contributed by atoms with Crippen molar-refractivity contribution in [1.29, 1.82) is 0 Å². The molecule has 156 valence electrons. The first-order valence-electron chi connectivity index (χ1n) is 10.0. The second kappa shape index (κ2) is 8.08. The second-order valence-electron chi connectivity index (χ2n) is 7.59. The first-order chi connectivity index (χ1) is 14.4. The molecule has 1 aliphatic heterocycles. The van der Waals surface area contributed by atoms with Crippen molar-refractivity contribution < 1.29 is 13.2 Å². The van der Waals surface area contributed by atoms with E-state index in [1.807, 2.05) is 26.0 Å². The largest absolute Gasteiger partial charge is 0.322 e. The highest BCUT2D eigenvalue weighted by Gasteiger charge is 2.26. The van der Waals surface area contributed by atoms with E-state index >= 15 is 0 Å². The molecule has 4 rings (SSSR count). The number of nitrogens with one attached hydrogen (secondary N) is 1. The van der Waals surface area contributed by atoms with E-state index in [0.29, 0.717) is 24.3 Å². The summed E-state index contributed by atoms with van der Waals surface area (Å²) >= 11 is 0. The van der Waals surface area contributed by atoms with Gasteiger partial charge in [-0.05, 0) is 87.4 Å². The molecule has 2 heterocycles. The van der Waals surface area contributed by atoms with Crippen molar-refractivity contribution in [3.63, 3.8) is 0 Å². The van der Waals surface area contributed by atoms with Gasteiger partial charge in [-0.25, -0.2) is 8.42 Å². The van der Waals surface area contributed by atoms with E-state index in [0.717, 1.165) is 29.9 Å². The molecule has 2 aromatic carbocycles. The van der Waals surface area contributed by atoms with Crippen molar-refractivity contribution in [2.75, 3.05) is 18.4 Å². The third-order valence-electron chi connectivity index (χ3n) is 5.47. The van der Waals surface area contributed by atoms with Crippen LogP contribution in [0.4, 0.5) is 5.69 Å². The van der Waals surface area contributed by atoms with Crippen molar-refractivity contribution >= 4 is 21.6 Å². The molecule has 0 saturated carbocycles. The number of aryl methyl sites for hydroxylation is 2. The molecule has 1 N–H and O–H groups in total. The fourth-order valence-electron chi connectivity index (χ4n) is 3.83. The molecule has 1 aliphatic rings. The summed E-state index contributed by atoms with van der Waals surface area (Å²) in [5, 5.41) is 2.83. The number of nitrogens with zero attached hydrogens (tertiary/aromatic N) is 2. The summed E-state index contributed by atoms with van der Waals surface area (Å²) in [6, 6.07) is 17.9. The number of hydrogen-bond donors (Lipinski definition) is 1. The maximum atomic E-state index is 12.6. The predicted molar refractivity (Wildman–Crippen MR) is 118 cm³/mol. The molecular formula is C23H25N3O3S. The number of aromatic nitrogens is 1. The molecule has 3 aromatic rings. The number of hydrogen-bond acceptors (Lipinski definition) is 3. The number of rotatable bonds is 5. The fraction of sp³-hybridized carbons (Fsp3) is 0.261. The zero-order chi connectivity index (χ0) is 21.3. The monoisotopic (exact) mass is 423 g/mol. The molecule has 1 amide bonds. The Balaban J connectivity index is 1.46. The quantitative estimate of drug-likeness (QED) is 0.671. The standard InChI is InChI=1S/C23H25N3O3S/c1-17-5-6-18(2)26(17)21-11-7-19(8-12-21)23(27)24-20-9-13-22(14-10-20)30(28,29)25-15-3-4-16-25/h5-14H,3-4,15-16H2,1-2H3,(H,24,27). The first-order valence-corrected chi connectivity index (χ1v) is 11.5. The third-order valence-corrected chi connectivity index (χ3v) is 7.39. The molecule has 0 unspecified atom stereocenters. The molecule has 0 aliphatic carbocycles. The smallest absolute Gasteiger partial charge is 0.255 e. The van der Waals surface area contributed by atoms with E-state index in [9.17, 15) is 13.2 Å². The zero-order valence-electron chi connectivity index (χ0n) is 17.1. The average Bonchev–Trinajstić information content (AvgIpc) is 3.39. The Bertz CT molecular complexity index is 1140. The molecule has 1 aromatic heterocycles. The van der Waals surface area contributed by atoms with Crippen LogP contribution in [-0.2, 0) is 10.0 Å². The van der Waals surface area contributed by atoms with Crippen LogP contribution >= 0.6 is 0 Å². The minimum absolute atomic E-state index is 0.238. The summed E-state index contributed by atoms with van der Waals surface area (Å²) < 4.78 is 28.8. The van der Waals surface area contributed by atoms with E-state index in [1.165, 1.54) is 4.31 Å². The topological polar surface area (TPSA) is 71.4 Å². The Morgan fingerprint density at radius 3 is 1.97 bits per heavy atom. The van der Waals surface area contributed by atoms with E-state index in [4.69, 9.17) is 0 Å². The van der Waals surface area contributed by atoms with E-state index in [1.54, 1.807) is 36.4 Å². The predicted octanol–water partition coefficient (Wildman–Crippen LogP) is 4.13. The highest BCUT2D eigenvalue weighted by Crippen LogP contribution is 2.23. The van der Waals surface area contributed by atoms with Crippen LogP contribution in [0.25, 0.3) is 5.69 Å². The van der Waals surface area contributed by atoms with Gasteiger partial charge in [0.05, 0.1) is 4.90 Å². The summed E-state index contributed by atoms with van der Waals surface area (Å²) in [4.78, 5) is 12.8. The molecule has 6 nitrogen and oxygen atoms in total. The Kier molecular flexibility index (Phi) is 5.49. The molecule has 1 saturated heterocycles. The molecule has 7 heteroatoms. The third kappa shape index (κ3) is 3.91. The van der Waals surface area contributed by atoms with Crippen LogP contribution in [0.15, 0.2) is 65.6 Å². The number of anilines is 1. The zero-order valence-corrected chi connectivity index (χ0v) is 17.9. The minimum atomic E-state index is -3.45. The van der Waals surface area contributed by atoms with Crippen molar-refractivity contribution in [2.24, 2.45) is 0 Å². The lowest BCUT2D eigenvalue weighted by atomic mass is 10.2. The van der Waals surface area contributed by atoms with Crippen molar-refractivity contribution in [1.82, 2.24) is 8.87 Å². The normalized spacial score (nSPS) is 14.7. The van der Waals surface area contributed by atoms with E-state index < -0.39 is 10.0 Å². The van der Waals surface area contributed by atoms with Gasteiger partial charge in [0.25, 0.3) is 5.91 Å². The van der Waals surface area contributed by atoms with Crippen molar-refractivity contribution in [3.8, 4) is 5.69 Å². The summed E-state index contributed by atoms with van der Waals surface area (Å²) in [6.07, 6.45) is 1.80. The molecule has 0 spiro atoms. The van der Waals surface area contributed by atoms with Gasteiger partial charge < -0.3 is 9.88 Å². The molecule has 0 bridgehead atoms. The Labute approximate surface area is 177 Å². The Morgan fingerprint density at radius 1 is 0.833 bits per heavy atom. The van der Waals surface area contributed by atoms with Gasteiger partial charge in [0.2, 0.25) is 10.0 Å². The van der Waals surface area contributed by atoms with Crippen LogP contribution < -0.4 is 5.32 Å². The lowest BCUT2D eigenvalue weighted by Crippen LogP contribution is -2.27. The number of carbonyl (C=O) groups is 1. The lowest BCUT2D eigenvalue weighted by molar-refractivity contribution is 0.102. The minimum Gasteiger partial charge on any atom is -0.322 e. The van der Waals surface area contributed by atoms with Gasteiger partial charge >= 0.3 is 0 Å². The number of amides is 1. The number of benzene rings is 2. The molecule has 30 heavy (non-hydrogen) atoms. The summed E-state index contributed by atoms with van der Waals surface area (Å²) in [7, 11) is -3.45. The van der Waals surface area contributed by atoms with Crippen molar-refractivity contribution in [3.05, 3.63) is 77.6 Å². The van der Waals surface area contributed by atoms with Crippen LogP contribution in [0.5, 0.6) is 0 Å². The first kappa shape index (κ1) is 20.4. The number of sulfonamides is 1. The van der Waals surface area contributed by atoms with E-state index in [-0.39, 0.29) is 10.8 Å². The maximum Gasteiger partial charge on any atom is 0.255 e. The van der Waals surface area contributed by atoms with Crippen LogP contribution in [0.1, 0.15) is 34.6 Å². The van der Waals surface area contributed by atoms with Gasteiger partial charge in [-0.15, -0.1) is 0 Å². The van der Waals surface area contributed by atoms with Crippen LogP contribution in [0.3, 0.4) is 0 Å². The molecular weight excluding hydrogens is 398 g/mol. The molecule has 0 radical (unpaired) electrons. The SMILES string of the molecule is Cc1ccc(C)n1-c1ccc(C(=O)Nc2ccc(S(=O)(=O)N3CCCC3)cc2)cc1. The average molecular weight is 424 g/mol. The Morgan fingerprint density at radius 2 is 1.40 bits per heavy atom. The van der Waals surface area contributed by atoms with Crippen LogP contribution in [0, 0.1) is 13.8 Å². The highest BCUT2D eigenvalue weighted by atomic mass is 32.2. The van der Waals surface area contributed by atoms with E-state index in [2.05, 4.69) is 22.0 Å². The molecule has 0 atom stereocenters. The van der Waals surface area contributed by atoms with Gasteiger partial charge in [0.15, 0.2) is 0 Å². The fourth-order valence-corrected chi connectivity index (χ4v) is 5.35. The maximum absolute atomic E-state index is 12.6. The van der Waals surface area contributed by atoms with Gasteiger partial charge in [0.1, 0.15) is 0 Å².